The lowest BCUT2D eigenvalue weighted by Crippen LogP contribution is -2.42. The molecular weight excluding hydrogens is 386 g/mol. The average molecular weight is 410 g/mol. The summed E-state index contributed by atoms with van der Waals surface area (Å²) in [6.07, 6.45) is 7.82. The number of carbonyl (C=O) groups excluding carboxylic acids is 3. The van der Waals surface area contributed by atoms with Crippen molar-refractivity contribution in [2.24, 2.45) is 0 Å². The highest BCUT2D eigenvalue weighted by Gasteiger charge is 2.37. The molecule has 0 aliphatic carbocycles. The van der Waals surface area contributed by atoms with Gasteiger partial charge in [0.1, 0.15) is 6.54 Å². The van der Waals surface area contributed by atoms with Gasteiger partial charge in [0.05, 0.1) is 4.91 Å². The van der Waals surface area contributed by atoms with Gasteiger partial charge in [-0.1, -0.05) is 31.0 Å². The molecule has 2 fully saturated rings. The molecule has 3 heterocycles. The zero-order valence-corrected chi connectivity index (χ0v) is 16.9. The minimum absolute atomic E-state index is 0.150. The molecule has 0 bridgehead atoms. The Morgan fingerprint density at radius 3 is 2.41 bits per heavy atom. The van der Waals surface area contributed by atoms with E-state index in [9.17, 15) is 14.4 Å². The summed E-state index contributed by atoms with van der Waals surface area (Å²) >= 11 is 0.891. The van der Waals surface area contributed by atoms with Crippen molar-refractivity contribution in [1.82, 2.24) is 14.4 Å². The lowest BCUT2D eigenvalue weighted by atomic mass is 10.2. The Kier molecular flexibility index (Phi) is 5.85. The summed E-state index contributed by atoms with van der Waals surface area (Å²) in [7, 11) is 0. The Bertz CT molecular complexity index is 943. The van der Waals surface area contributed by atoms with Gasteiger partial charge in [-0.05, 0) is 54.9 Å². The second-order valence-electron chi connectivity index (χ2n) is 7.20. The van der Waals surface area contributed by atoms with Crippen LogP contribution in [0.1, 0.15) is 31.4 Å². The van der Waals surface area contributed by atoms with E-state index in [1.807, 2.05) is 53.2 Å². The molecule has 7 heteroatoms. The van der Waals surface area contributed by atoms with Gasteiger partial charge in [-0.25, -0.2) is 0 Å². The minimum Gasteiger partial charge on any atom is -0.341 e. The van der Waals surface area contributed by atoms with E-state index in [-0.39, 0.29) is 17.7 Å². The average Bonchev–Trinajstić information content (AvgIpc) is 3.16. The van der Waals surface area contributed by atoms with Crippen molar-refractivity contribution in [1.29, 1.82) is 0 Å². The molecule has 150 valence electrons. The van der Waals surface area contributed by atoms with Gasteiger partial charge in [-0.15, -0.1) is 0 Å². The summed E-state index contributed by atoms with van der Waals surface area (Å²) in [5.74, 6) is -0.549. The van der Waals surface area contributed by atoms with Crippen LogP contribution in [0.4, 0.5) is 4.79 Å². The molecule has 4 rings (SSSR count). The number of likely N-dealkylation sites (tertiary alicyclic amines) is 1. The van der Waals surface area contributed by atoms with Gasteiger partial charge < -0.3 is 9.47 Å². The summed E-state index contributed by atoms with van der Waals surface area (Å²) in [6.45, 7) is 1.23. The molecule has 29 heavy (non-hydrogen) atoms. The monoisotopic (exact) mass is 409 g/mol. The highest BCUT2D eigenvalue weighted by Crippen LogP contribution is 2.32. The first-order valence-corrected chi connectivity index (χ1v) is 10.7. The number of hydrogen-bond donors (Lipinski definition) is 0. The van der Waals surface area contributed by atoms with Crippen LogP contribution in [0.3, 0.4) is 0 Å². The number of aromatic nitrogens is 1. The van der Waals surface area contributed by atoms with Crippen LogP contribution in [-0.4, -0.2) is 51.1 Å². The number of imide groups is 1. The van der Waals surface area contributed by atoms with E-state index in [0.29, 0.717) is 18.0 Å². The summed E-state index contributed by atoms with van der Waals surface area (Å²) in [5.41, 5.74) is 1.78. The largest absolute Gasteiger partial charge is 0.341 e. The number of nitrogens with zero attached hydrogens (tertiary/aromatic N) is 3. The van der Waals surface area contributed by atoms with E-state index in [1.165, 1.54) is 0 Å². The van der Waals surface area contributed by atoms with Crippen LogP contribution in [0.15, 0.2) is 53.6 Å². The molecular formula is C22H23N3O3S. The van der Waals surface area contributed by atoms with Crippen LogP contribution in [-0.2, 0) is 9.59 Å². The Balaban J connectivity index is 1.50. The topological polar surface area (TPSA) is 62.6 Å². The molecule has 0 unspecified atom stereocenters. The van der Waals surface area contributed by atoms with E-state index >= 15 is 0 Å². The lowest BCUT2D eigenvalue weighted by Gasteiger charge is -2.22. The van der Waals surface area contributed by atoms with Crippen LogP contribution < -0.4 is 0 Å². The number of rotatable bonds is 4. The lowest BCUT2D eigenvalue weighted by molar-refractivity contribution is -0.135. The Hall–Kier alpha value is -2.80. The third-order valence-corrected chi connectivity index (χ3v) is 6.13. The fourth-order valence-corrected chi connectivity index (χ4v) is 4.48. The number of para-hydroxylation sites is 1. The fraction of sp³-hybridized carbons (Fsp3) is 0.318. The zero-order valence-electron chi connectivity index (χ0n) is 16.1. The van der Waals surface area contributed by atoms with E-state index in [2.05, 4.69) is 0 Å². The number of hydrogen-bond acceptors (Lipinski definition) is 4. The molecule has 0 spiro atoms. The molecule has 2 aliphatic heterocycles. The SMILES string of the molecule is O=C(CN1C(=O)SC(=Cc2cccn2-c2ccccc2)C1=O)N1CCCCCC1. The third-order valence-electron chi connectivity index (χ3n) is 5.22. The molecule has 0 saturated carbocycles. The Labute approximate surface area is 174 Å². The standard InChI is InChI=1S/C22H23N3O3S/c26-20(23-12-6-1-2-7-13-23)16-25-21(27)19(29-22(25)28)15-18-11-8-14-24(18)17-9-4-3-5-10-17/h3-5,8-11,14-15H,1-2,6-7,12-13,16H2. The van der Waals surface area contributed by atoms with Crippen molar-refractivity contribution in [2.45, 2.75) is 25.7 Å². The van der Waals surface area contributed by atoms with Crippen molar-refractivity contribution in [3.8, 4) is 5.69 Å². The summed E-state index contributed by atoms with van der Waals surface area (Å²) in [5, 5.41) is -0.387. The molecule has 1 aromatic carbocycles. The van der Waals surface area contributed by atoms with Crippen LogP contribution >= 0.6 is 11.8 Å². The van der Waals surface area contributed by atoms with E-state index < -0.39 is 5.91 Å². The minimum atomic E-state index is -0.399. The van der Waals surface area contributed by atoms with Gasteiger partial charge in [0.15, 0.2) is 0 Å². The first kappa shape index (κ1) is 19.5. The fourth-order valence-electron chi connectivity index (χ4n) is 3.66. The van der Waals surface area contributed by atoms with Gasteiger partial charge in [0.2, 0.25) is 5.91 Å². The molecule has 1 aromatic heterocycles. The number of benzene rings is 1. The van der Waals surface area contributed by atoms with Gasteiger partial charge >= 0.3 is 0 Å². The van der Waals surface area contributed by atoms with Crippen molar-refractivity contribution in [3.05, 3.63) is 59.3 Å². The van der Waals surface area contributed by atoms with Crippen molar-refractivity contribution >= 4 is 34.9 Å². The smallest absolute Gasteiger partial charge is 0.294 e. The number of carbonyl (C=O) groups is 3. The Morgan fingerprint density at radius 2 is 1.69 bits per heavy atom. The van der Waals surface area contributed by atoms with E-state index in [1.54, 1.807) is 11.0 Å². The van der Waals surface area contributed by atoms with E-state index in [4.69, 9.17) is 0 Å². The summed E-state index contributed by atoms with van der Waals surface area (Å²) in [6, 6.07) is 13.6. The van der Waals surface area contributed by atoms with Gasteiger partial charge in [-0.2, -0.15) is 0 Å². The Morgan fingerprint density at radius 1 is 0.966 bits per heavy atom. The van der Waals surface area contributed by atoms with E-state index in [0.717, 1.165) is 53.7 Å². The third kappa shape index (κ3) is 4.29. The predicted octanol–water partition coefficient (Wildman–Crippen LogP) is 3.92. The van der Waals surface area contributed by atoms with Crippen LogP contribution in [0.25, 0.3) is 11.8 Å². The highest BCUT2D eigenvalue weighted by molar-refractivity contribution is 8.18. The molecule has 0 N–H and O–H groups in total. The quantitative estimate of drug-likeness (QED) is 0.718. The molecule has 2 saturated heterocycles. The maximum atomic E-state index is 12.8. The normalized spacial score (nSPS) is 19.1. The van der Waals surface area contributed by atoms with Gasteiger partial charge in [0, 0.05) is 30.7 Å². The molecule has 2 aliphatic rings. The van der Waals surface area contributed by atoms with Crippen LogP contribution in [0.5, 0.6) is 0 Å². The molecule has 3 amide bonds. The molecule has 6 nitrogen and oxygen atoms in total. The summed E-state index contributed by atoms with van der Waals surface area (Å²) < 4.78 is 1.95. The first-order chi connectivity index (χ1) is 14.1. The van der Waals surface area contributed by atoms with Crippen LogP contribution in [0, 0.1) is 0 Å². The number of amides is 3. The maximum absolute atomic E-state index is 12.8. The number of thioether (sulfide) groups is 1. The second-order valence-corrected chi connectivity index (χ2v) is 8.19. The highest BCUT2D eigenvalue weighted by atomic mass is 32.2. The van der Waals surface area contributed by atoms with Crippen molar-refractivity contribution < 1.29 is 14.4 Å². The zero-order chi connectivity index (χ0) is 20.2. The van der Waals surface area contributed by atoms with Crippen molar-refractivity contribution in [2.75, 3.05) is 19.6 Å². The second kappa shape index (κ2) is 8.69. The molecule has 0 atom stereocenters. The first-order valence-electron chi connectivity index (χ1n) is 9.89. The van der Waals surface area contributed by atoms with Gasteiger partial charge in [0.25, 0.3) is 11.1 Å². The maximum Gasteiger partial charge on any atom is 0.294 e. The van der Waals surface area contributed by atoms with Crippen LogP contribution in [0.2, 0.25) is 0 Å². The van der Waals surface area contributed by atoms with Crippen molar-refractivity contribution in [3.63, 3.8) is 0 Å². The summed E-state index contributed by atoms with van der Waals surface area (Å²) in [4.78, 5) is 41.0. The molecule has 0 radical (unpaired) electrons. The van der Waals surface area contributed by atoms with Gasteiger partial charge in [-0.3, -0.25) is 19.3 Å². The molecule has 2 aromatic rings. The predicted molar refractivity (Wildman–Crippen MR) is 113 cm³/mol.